The Morgan fingerprint density at radius 1 is 1.32 bits per heavy atom. The van der Waals surface area contributed by atoms with Crippen LogP contribution in [0.1, 0.15) is 38.0 Å². The maximum Gasteiger partial charge on any atom is 0.317 e. The van der Waals surface area contributed by atoms with Gasteiger partial charge in [-0.05, 0) is 43.5 Å². The smallest absolute Gasteiger partial charge is 0.317 e. The van der Waals surface area contributed by atoms with Gasteiger partial charge in [-0.3, -0.25) is 0 Å². The Labute approximate surface area is 163 Å². The lowest BCUT2D eigenvalue weighted by Gasteiger charge is -2.36. The molecule has 4 rings (SSSR count). The van der Waals surface area contributed by atoms with Crippen molar-refractivity contribution in [1.82, 2.24) is 20.4 Å². The standard InChI is InChI=1S/C20H25FN4O3/c1-2-9-22-19(26)25-12-16(20(13-25)7-10-27-11-8-20)18-23-17(24-28-18)14-3-5-15(21)6-4-14/h3-6,16H,2,7-13H2,1H3,(H,22,26). The molecule has 1 aromatic heterocycles. The minimum atomic E-state index is -0.307. The molecular weight excluding hydrogens is 363 g/mol. The Bertz CT molecular complexity index is 817. The van der Waals surface area contributed by atoms with Crippen molar-refractivity contribution in [1.29, 1.82) is 0 Å². The molecule has 1 N–H and O–H groups in total. The molecule has 28 heavy (non-hydrogen) atoms. The number of carbonyl (C=O) groups excluding carboxylic acids is 1. The summed E-state index contributed by atoms with van der Waals surface area (Å²) in [5, 5.41) is 7.06. The third kappa shape index (κ3) is 3.61. The number of aromatic nitrogens is 2. The van der Waals surface area contributed by atoms with Crippen molar-refractivity contribution in [2.24, 2.45) is 5.41 Å². The minimum Gasteiger partial charge on any atom is -0.381 e. The predicted octanol–water partition coefficient (Wildman–Crippen LogP) is 3.19. The van der Waals surface area contributed by atoms with E-state index in [0.717, 1.165) is 19.3 Å². The summed E-state index contributed by atoms with van der Waals surface area (Å²) >= 11 is 0. The molecule has 1 atom stereocenters. The second-order valence-corrected chi connectivity index (χ2v) is 7.60. The number of hydrogen-bond acceptors (Lipinski definition) is 5. The molecule has 1 aromatic carbocycles. The molecule has 150 valence electrons. The maximum absolute atomic E-state index is 13.2. The van der Waals surface area contributed by atoms with Gasteiger partial charge in [0.15, 0.2) is 0 Å². The topological polar surface area (TPSA) is 80.5 Å². The van der Waals surface area contributed by atoms with Crippen LogP contribution in [0.3, 0.4) is 0 Å². The van der Waals surface area contributed by atoms with E-state index in [0.29, 0.717) is 50.1 Å². The van der Waals surface area contributed by atoms with Gasteiger partial charge in [-0.15, -0.1) is 0 Å². The van der Waals surface area contributed by atoms with Gasteiger partial charge in [-0.25, -0.2) is 9.18 Å². The summed E-state index contributed by atoms with van der Waals surface area (Å²) in [7, 11) is 0. The molecule has 0 bridgehead atoms. The SMILES string of the molecule is CCCNC(=O)N1CC(c2nc(-c3ccc(F)cc3)no2)C2(CCOCC2)C1. The van der Waals surface area contributed by atoms with E-state index in [2.05, 4.69) is 15.5 Å². The maximum atomic E-state index is 13.2. The van der Waals surface area contributed by atoms with E-state index in [4.69, 9.17) is 9.26 Å². The van der Waals surface area contributed by atoms with Gasteiger partial charge in [0.25, 0.3) is 0 Å². The number of rotatable bonds is 4. The highest BCUT2D eigenvalue weighted by atomic mass is 19.1. The summed E-state index contributed by atoms with van der Waals surface area (Å²) in [5.74, 6) is 0.627. The lowest BCUT2D eigenvalue weighted by atomic mass is 9.72. The van der Waals surface area contributed by atoms with Crippen LogP contribution in [-0.2, 0) is 4.74 Å². The van der Waals surface area contributed by atoms with Crippen molar-refractivity contribution in [2.75, 3.05) is 32.8 Å². The molecule has 8 heteroatoms. The second kappa shape index (κ2) is 7.87. The Morgan fingerprint density at radius 3 is 2.79 bits per heavy atom. The van der Waals surface area contributed by atoms with Gasteiger partial charge >= 0.3 is 6.03 Å². The lowest BCUT2D eigenvalue weighted by Crippen LogP contribution is -2.41. The third-order valence-electron chi connectivity index (χ3n) is 5.79. The number of hydrogen-bond donors (Lipinski definition) is 1. The number of amides is 2. The number of likely N-dealkylation sites (tertiary alicyclic amines) is 1. The van der Waals surface area contributed by atoms with Crippen LogP contribution in [0.15, 0.2) is 28.8 Å². The molecule has 2 amide bonds. The summed E-state index contributed by atoms with van der Waals surface area (Å²) < 4.78 is 24.4. The Hall–Kier alpha value is -2.48. The zero-order chi connectivity index (χ0) is 19.6. The summed E-state index contributed by atoms with van der Waals surface area (Å²) in [6, 6.07) is 5.97. The largest absolute Gasteiger partial charge is 0.381 e. The molecule has 0 radical (unpaired) electrons. The molecule has 1 unspecified atom stereocenters. The number of urea groups is 1. The molecular formula is C20H25FN4O3. The first-order valence-electron chi connectivity index (χ1n) is 9.81. The molecule has 2 fully saturated rings. The van der Waals surface area contributed by atoms with Gasteiger partial charge in [0, 0.05) is 43.8 Å². The first-order valence-corrected chi connectivity index (χ1v) is 9.81. The minimum absolute atomic E-state index is 0.0366. The number of nitrogens with one attached hydrogen (secondary N) is 1. The fraction of sp³-hybridized carbons (Fsp3) is 0.550. The molecule has 2 saturated heterocycles. The first kappa shape index (κ1) is 18.9. The van der Waals surface area contributed by atoms with E-state index < -0.39 is 0 Å². The van der Waals surface area contributed by atoms with Crippen molar-refractivity contribution < 1.29 is 18.4 Å². The zero-order valence-corrected chi connectivity index (χ0v) is 16.0. The van der Waals surface area contributed by atoms with E-state index in [-0.39, 0.29) is 23.2 Å². The van der Waals surface area contributed by atoms with Gasteiger partial charge in [0.2, 0.25) is 11.7 Å². The van der Waals surface area contributed by atoms with Gasteiger partial charge in [0.1, 0.15) is 5.82 Å². The Morgan fingerprint density at radius 2 is 2.07 bits per heavy atom. The van der Waals surface area contributed by atoms with Gasteiger partial charge in [-0.1, -0.05) is 12.1 Å². The number of nitrogens with zero attached hydrogens (tertiary/aromatic N) is 3. The predicted molar refractivity (Wildman–Crippen MR) is 100 cm³/mol. The molecule has 1 spiro atoms. The highest BCUT2D eigenvalue weighted by molar-refractivity contribution is 5.74. The van der Waals surface area contributed by atoms with Gasteiger partial charge in [-0.2, -0.15) is 4.98 Å². The van der Waals surface area contributed by atoms with Crippen LogP contribution in [0.5, 0.6) is 0 Å². The van der Waals surface area contributed by atoms with E-state index in [1.807, 2.05) is 11.8 Å². The fourth-order valence-corrected chi connectivity index (χ4v) is 4.18. The molecule has 2 aromatic rings. The number of halogens is 1. The van der Waals surface area contributed by atoms with Crippen molar-refractivity contribution in [3.8, 4) is 11.4 Å². The van der Waals surface area contributed by atoms with E-state index in [1.165, 1.54) is 12.1 Å². The highest BCUT2D eigenvalue weighted by Gasteiger charge is 2.51. The van der Waals surface area contributed by atoms with Crippen LogP contribution >= 0.6 is 0 Å². The Balaban J connectivity index is 1.59. The summed E-state index contributed by atoms with van der Waals surface area (Å²) in [6.07, 6.45) is 2.60. The lowest BCUT2D eigenvalue weighted by molar-refractivity contribution is 0.00943. The summed E-state index contributed by atoms with van der Waals surface area (Å²) in [4.78, 5) is 19.0. The molecule has 0 saturated carbocycles. The van der Waals surface area contributed by atoms with Crippen LogP contribution in [0, 0.1) is 11.2 Å². The van der Waals surface area contributed by atoms with E-state index >= 15 is 0 Å². The van der Waals surface area contributed by atoms with E-state index in [1.54, 1.807) is 12.1 Å². The molecule has 0 aliphatic carbocycles. The van der Waals surface area contributed by atoms with Crippen LogP contribution in [0.2, 0.25) is 0 Å². The van der Waals surface area contributed by atoms with Gasteiger partial charge < -0.3 is 19.5 Å². The fourth-order valence-electron chi connectivity index (χ4n) is 4.18. The van der Waals surface area contributed by atoms with Crippen LogP contribution in [0.4, 0.5) is 9.18 Å². The number of ether oxygens (including phenoxy) is 1. The molecule has 3 heterocycles. The quantitative estimate of drug-likeness (QED) is 0.870. The molecule has 2 aliphatic heterocycles. The average molecular weight is 388 g/mol. The third-order valence-corrected chi connectivity index (χ3v) is 5.79. The van der Waals surface area contributed by atoms with Crippen molar-refractivity contribution >= 4 is 6.03 Å². The molecule has 2 aliphatic rings. The zero-order valence-electron chi connectivity index (χ0n) is 16.0. The monoisotopic (exact) mass is 388 g/mol. The van der Waals surface area contributed by atoms with E-state index in [9.17, 15) is 9.18 Å². The van der Waals surface area contributed by atoms with Crippen molar-refractivity contribution in [2.45, 2.75) is 32.1 Å². The van der Waals surface area contributed by atoms with Crippen LogP contribution in [-0.4, -0.2) is 53.9 Å². The Kier molecular flexibility index (Phi) is 5.30. The normalized spacial score (nSPS) is 21.2. The average Bonchev–Trinajstić information content (AvgIpc) is 3.33. The first-order chi connectivity index (χ1) is 13.6. The highest BCUT2D eigenvalue weighted by Crippen LogP contribution is 2.49. The number of benzene rings is 1. The van der Waals surface area contributed by atoms with Crippen molar-refractivity contribution in [3.05, 3.63) is 36.0 Å². The van der Waals surface area contributed by atoms with Gasteiger partial charge in [0.05, 0.1) is 5.92 Å². The summed E-state index contributed by atoms with van der Waals surface area (Å²) in [5.41, 5.74) is 0.585. The van der Waals surface area contributed by atoms with Crippen LogP contribution < -0.4 is 5.32 Å². The number of carbonyl (C=O) groups is 1. The molecule has 7 nitrogen and oxygen atoms in total. The van der Waals surface area contributed by atoms with Crippen molar-refractivity contribution in [3.63, 3.8) is 0 Å². The van der Waals surface area contributed by atoms with Crippen LogP contribution in [0.25, 0.3) is 11.4 Å². The summed E-state index contributed by atoms with van der Waals surface area (Å²) in [6.45, 7) is 5.22. The second-order valence-electron chi connectivity index (χ2n) is 7.60.